The van der Waals surface area contributed by atoms with Crippen LogP contribution in [0.4, 0.5) is 0 Å². The van der Waals surface area contributed by atoms with E-state index < -0.39 is 0 Å². The minimum absolute atomic E-state index is 0.00607. The molecule has 0 aliphatic heterocycles. The maximum absolute atomic E-state index is 11.9. The number of nitrogens with one attached hydrogen (secondary N) is 1. The van der Waals surface area contributed by atoms with E-state index in [4.69, 9.17) is 0 Å². The van der Waals surface area contributed by atoms with E-state index in [0.29, 0.717) is 6.04 Å². The van der Waals surface area contributed by atoms with Gasteiger partial charge in [-0.3, -0.25) is 9.13 Å². The zero-order valence-electron chi connectivity index (χ0n) is 11.1. The predicted molar refractivity (Wildman–Crippen MR) is 78.0 cm³/mol. The van der Waals surface area contributed by atoms with Crippen molar-refractivity contribution in [2.45, 2.75) is 19.4 Å². The molecule has 1 aromatic carbocycles. The summed E-state index contributed by atoms with van der Waals surface area (Å²) in [7, 11) is 5.56. The van der Waals surface area contributed by atoms with Gasteiger partial charge in [-0.25, -0.2) is 4.79 Å². The van der Waals surface area contributed by atoms with Crippen LogP contribution in [0.1, 0.15) is 24.9 Å². The van der Waals surface area contributed by atoms with Crippen molar-refractivity contribution < 1.29 is 0 Å². The molecule has 1 atom stereocenters. The van der Waals surface area contributed by atoms with E-state index in [9.17, 15) is 4.79 Å². The van der Waals surface area contributed by atoms with Crippen LogP contribution < -0.4 is 11.0 Å². The lowest BCUT2D eigenvalue weighted by molar-refractivity contribution is 0.575. The van der Waals surface area contributed by atoms with Gasteiger partial charge in [0, 0.05) is 24.6 Å². The third-order valence-corrected chi connectivity index (χ3v) is 4.21. The minimum atomic E-state index is 0.00607. The lowest BCUT2D eigenvalue weighted by atomic mass is 10.0. The van der Waals surface area contributed by atoms with Gasteiger partial charge in [0.1, 0.15) is 0 Å². The van der Waals surface area contributed by atoms with Gasteiger partial charge >= 0.3 is 5.69 Å². The fourth-order valence-electron chi connectivity index (χ4n) is 2.38. The molecule has 2 aromatic rings. The molecule has 1 N–H and O–H groups in total. The number of imidazole rings is 1. The Morgan fingerprint density at radius 1 is 1.28 bits per heavy atom. The van der Waals surface area contributed by atoms with Crippen LogP contribution in [-0.2, 0) is 14.1 Å². The van der Waals surface area contributed by atoms with E-state index in [1.807, 2.05) is 20.2 Å². The van der Waals surface area contributed by atoms with E-state index >= 15 is 0 Å². The van der Waals surface area contributed by atoms with E-state index in [2.05, 4.69) is 34.2 Å². The molecule has 1 unspecified atom stereocenters. The fraction of sp³-hybridized carbons (Fsp3) is 0.462. The quantitative estimate of drug-likeness (QED) is 0.944. The Morgan fingerprint density at radius 3 is 2.33 bits per heavy atom. The van der Waals surface area contributed by atoms with Crippen LogP contribution in [0.5, 0.6) is 0 Å². The molecule has 0 radical (unpaired) electrons. The largest absolute Gasteiger partial charge is 0.328 e. The third kappa shape index (κ3) is 1.91. The van der Waals surface area contributed by atoms with Gasteiger partial charge in [-0.1, -0.05) is 22.9 Å². The summed E-state index contributed by atoms with van der Waals surface area (Å²) in [6.07, 6.45) is 1.00. The topological polar surface area (TPSA) is 39.0 Å². The SMILES string of the molecule is CCC(NC)c1cc2c(cc1Br)n(C)c(=O)n2C. The minimum Gasteiger partial charge on any atom is -0.313 e. The van der Waals surface area contributed by atoms with Gasteiger partial charge < -0.3 is 5.32 Å². The average Bonchev–Trinajstić information content (AvgIpc) is 2.57. The predicted octanol–water partition coefficient (Wildman–Crippen LogP) is 2.31. The van der Waals surface area contributed by atoms with Gasteiger partial charge in [-0.2, -0.15) is 0 Å². The maximum Gasteiger partial charge on any atom is 0.328 e. The molecule has 0 spiro atoms. The lowest BCUT2D eigenvalue weighted by Crippen LogP contribution is -2.19. The van der Waals surface area contributed by atoms with Crippen molar-refractivity contribution in [2.75, 3.05) is 7.05 Å². The Labute approximate surface area is 115 Å². The highest BCUT2D eigenvalue weighted by Gasteiger charge is 2.15. The normalized spacial score (nSPS) is 13.2. The lowest BCUT2D eigenvalue weighted by Gasteiger charge is -2.16. The number of hydrogen-bond donors (Lipinski definition) is 1. The number of hydrogen-bond acceptors (Lipinski definition) is 2. The summed E-state index contributed by atoms with van der Waals surface area (Å²) >= 11 is 3.60. The van der Waals surface area contributed by atoms with Crippen molar-refractivity contribution in [1.82, 2.24) is 14.5 Å². The van der Waals surface area contributed by atoms with Gasteiger partial charge in [0.05, 0.1) is 11.0 Å². The summed E-state index contributed by atoms with van der Waals surface area (Å²) in [5, 5.41) is 3.29. The second kappa shape index (κ2) is 4.90. The van der Waals surface area contributed by atoms with Gasteiger partial charge in [0.15, 0.2) is 0 Å². The van der Waals surface area contributed by atoms with Crippen LogP contribution in [0, 0.1) is 0 Å². The molecule has 5 heteroatoms. The highest BCUT2D eigenvalue weighted by Crippen LogP contribution is 2.29. The van der Waals surface area contributed by atoms with Gasteiger partial charge in [-0.15, -0.1) is 0 Å². The first-order chi connectivity index (χ1) is 8.51. The van der Waals surface area contributed by atoms with Crippen LogP contribution in [-0.4, -0.2) is 16.2 Å². The van der Waals surface area contributed by atoms with Crippen molar-refractivity contribution in [3.8, 4) is 0 Å². The molecule has 1 heterocycles. The van der Waals surface area contributed by atoms with E-state index in [1.165, 1.54) is 5.56 Å². The van der Waals surface area contributed by atoms with Crippen LogP contribution in [0.2, 0.25) is 0 Å². The maximum atomic E-state index is 11.9. The number of rotatable bonds is 3. The smallest absolute Gasteiger partial charge is 0.313 e. The first-order valence-corrected chi connectivity index (χ1v) is 6.82. The summed E-state index contributed by atoms with van der Waals surface area (Å²) in [4.78, 5) is 11.9. The molecule has 4 nitrogen and oxygen atoms in total. The van der Waals surface area contributed by atoms with Gasteiger partial charge in [0.2, 0.25) is 0 Å². The zero-order chi connectivity index (χ0) is 13.4. The fourth-order valence-corrected chi connectivity index (χ4v) is 2.99. The van der Waals surface area contributed by atoms with Crippen LogP contribution in [0.15, 0.2) is 21.4 Å². The second-order valence-electron chi connectivity index (χ2n) is 4.51. The van der Waals surface area contributed by atoms with E-state index in [1.54, 1.807) is 16.2 Å². The molecule has 0 saturated carbocycles. The first kappa shape index (κ1) is 13.4. The molecule has 0 fully saturated rings. The standard InChI is InChI=1S/C13H18BrN3O/c1-5-10(15-2)8-6-11-12(7-9(8)14)17(4)13(18)16(11)3/h6-7,10,15H,5H2,1-4H3. The molecule has 18 heavy (non-hydrogen) atoms. The Kier molecular flexibility index (Phi) is 3.64. The van der Waals surface area contributed by atoms with Crippen LogP contribution >= 0.6 is 15.9 Å². The van der Waals surface area contributed by atoms with E-state index in [0.717, 1.165) is 21.9 Å². The number of fused-ring (bicyclic) bond motifs is 1. The van der Waals surface area contributed by atoms with Crippen molar-refractivity contribution in [2.24, 2.45) is 14.1 Å². The molecule has 1 aromatic heterocycles. The van der Waals surface area contributed by atoms with Crippen molar-refractivity contribution >= 4 is 27.0 Å². The molecular weight excluding hydrogens is 294 g/mol. The highest BCUT2D eigenvalue weighted by atomic mass is 79.9. The summed E-state index contributed by atoms with van der Waals surface area (Å²) in [6, 6.07) is 4.40. The third-order valence-electron chi connectivity index (χ3n) is 3.52. The van der Waals surface area contributed by atoms with Gasteiger partial charge in [0.25, 0.3) is 0 Å². The monoisotopic (exact) mass is 311 g/mol. The van der Waals surface area contributed by atoms with Crippen LogP contribution in [0.3, 0.4) is 0 Å². The summed E-state index contributed by atoms with van der Waals surface area (Å²) in [5.74, 6) is 0. The molecule has 0 bridgehead atoms. The Bertz CT molecular complexity index is 638. The summed E-state index contributed by atoms with van der Waals surface area (Å²) in [6.45, 7) is 2.14. The molecule has 0 aliphatic rings. The van der Waals surface area contributed by atoms with Crippen molar-refractivity contribution in [1.29, 1.82) is 0 Å². The number of aromatic nitrogens is 2. The zero-order valence-corrected chi connectivity index (χ0v) is 12.7. The number of aryl methyl sites for hydroxylation is 2. The van der Waals surface area contributed by atoms with Gasteiger partial charge in [-0.05, 0) is 31.2 Å². The first-order valence-electron chi connectivity index (χ1n) is 6.03. The molecule has 98 valence electrons. The molecule has 0 amide bonds. The van der Waals surface area contributed by atoms with Crippen molar-refractivity contribution in [3.05, 3.63) is 32.7 Å². The number of halogens is 1. The Morgan fingerprint density at radius 2 is 1.83 bits per heavy atom. The Balaban J connectivity index is 2.76. The van der Waals surface area contributed by atoms with E-state index in [-0.39, 0.29) is 5.69 Å². The number of benzene rings is 1. The molecular formula is C13H18BrN3O. The van der Waals surface area contributed by atoms with Crippen molar-refractivity contribution in [3.63, 3.8) is 0 Å². The highest BCUT2D eigenvalue weighted by molar-refractivity contribution is 9.10. The molecule has 0 saturated heterocycles. The summed E-state index contributed by atoms with van der Waals surface area (Å²) in [5.41, 5.74) is 3.11. The van der Waals surface area contributed by atoms with Crippen LogP contribution in [0.25, 0.3) is 11.0 Å². The average molecular weight is 312 g/mol. The molecule has 2 rings (SSSR count). The number of nitrogens with zero attached hydrogens (tertiary/aromatic N) is 2. The second-order valence-corrected chi connectivity index (χ2v) is 5.37. The Hall–Kier alpha value is -1.07. The molecule has 0 aliphatic carbocycles. The summed E-state index contributed by atoms with van der Waals surface area (Å²) < 4.78 is 4.40.